The smallest absolute Gasteiger partial charge is 0.0453 e. The first-order valence-electron chi connectivity index (χ1n) is 7.55. The third-order valence-electron chi connectivity index (χ3n) is 1.70. The van der Waals surface area contributed by atoms with E-state index in [4.69, 9.17) is 15.3 Å². The predicted octanol–water partition coefficient (Wildman–Crippen LogP) is 3.39. The van der Waals surface area contributed by atoms with Crippen LogP contribution in [0.5, 0.6) is 0 Å². The van der Waals surface area contributed by atoms with Crippen molar-refractivity contribution in [3.05, 3.63) is 36.4 Å². The van der Waals surface area contributed by atoms with E-state index in [-0.39, 0.29) is 21.7 Å². The molecule has 0 saturated heterocycles. The average molecular weight is 347 g/mol. The van der Waals surface area contributed by atoms with Gasteiger partial charge in [-0.2, -0.15) is 36.4 Å². The van der Waals surface area contributed by atoms with Crippen LogP contribution in [0.4, 0.5) is 0 Å². The second-order valence-electron chi connectivity index (χ2n) is 5.81. The van der Waals surface area contributed by atoms with Crippen LogP contribution in [0, 0.1) is 23.8 Å². The molecule has 3 nitrogen and oxygen atoms in total. The van der Waals surface area contributed by atoms with Crippen LogP contribution >= 0.6 is 0 Å². The summed E-state index contributed by atoms with van der Waals surface area (Å²) in [6, 6.07) is 12.5. The van der Waals surface area contributed by atoms with Crippen molar-refractivity contribution in [3.63, 3.8) is 0 Å². The fraction of sp³-hybridized carbons (Fsp3) is 0.667. The van der Waals surface area contributed by atoms with Crippen molar-refractivity contribution in [2.75, 3.05) is 19.8 Å². The number of hydrogen-bond donors (Lipinski definition) is 3. The molecular weight excluding hydrogens is 312 g/mol. The van der Waals surface area contributed by atoms with Crippen LogP contribution in [0.2, 0.25) is 0 Å². The van der Waals surface area contributed by atoms with E-state index in [1.807, 2.05) is 71.9 Å². The van der Waals surface area contributed by atoms with Crippen LogP contribution in [0.25, 0.3) is 0 Å². The molecule has 22 heavy (non-hydrogen) atoms. The van der Waals surface area contributed by atoms with Crippen molar-refractivity contribution in [2.45, 2.75) is 41.5 Å². The molecule has 4 heteroatoms. The van der Waals surface area contributed by atoms with Crippen LogP contribution < -0.4 is 0 Å². The minimum absolute atomic E-state index is 0. The maximum atomic E-state index is 8.14. The number of aliphatic hydroxyl groups is 3. The molecule has 0 aliphatic carbocycles. The Kier molecular flexibility index (Phi) is 34.9. The number of hydrogen-bond acceptors (Lipinski definition) is 3. The maximum Gasteiger partial charge on any atom is 0.0453 e. The van der Waals surface area contributed by atoms with E-state index in [0.717, 1.165) is 0 Å². The molecule has 0 amide bonds. The summed E-state index contributed by atoms with van der Waals surface area (Å²) in [7, 11) is 0. The van der Waals surface area contributed by atoms with E-state index in [1.54, 1.807) is 0 Å². The van der Waals surface area contributed by atoms with E-state index in [1.165, 1.54) is 0 Å². The fourth-order valence-electron chi connectivity index (χ4n) is 0.342. The molecule has 0 spiro atoms. The van der Waals surface area contributed by atoms with Gasteiger partial charge in [0.25, 0.3) is 0 Å². The monoisotopic (exact) mass is 347 g/mol. The van der Waals surface area contributed by atoms with Gasteiger partial charge in [-0.3, -0.25) is 0 Å². The third-order valence-corrected chi connectivity index (χ3v) is 1.70. The summed E-state index contributed by atoms with van der Waals surface area (Å²) in [6.45, 7) is 12.7. The molecule has 1 aromatic rings. The van der Waals surface area contributed by atoms with Gasteiger partial charge in [0, 0.05) is 41.5 Å². The van der Waals surface area contributed by atoms with Gasteiger partial charge in [0.2, 0.25) is 0 Å². The van der Waals surface area contributed by atoms with Crippen molar-refractivity contribution in [1.82, 2.24) is 0 Å². The van der Waals surface area contributed by atoms with Crippen molar-refractivity contribution in [1.29, 1.82) is 0 Å². The first kappa shape index (κ1) is 29.8. The molecule has 0 fully saturated rings. The van der Waals surface area contributed by atoms with Gasteiger partial charge in [0.1, 0.15) is 0 Å². The Labute approximate surface area is 152 Å². The van der Waals surface area contributed by atoms with E-state index in [0.29, 0.717) is 37.6 Å². The fourth-order valence-corrected chi connectivity index (χ4v) is 0.342. The molecule has 1 aromatic carbocycles. The van der Waals surface area contributed by atoms with Crippen molar-refractivity contribution < 1.29 is 37.0 Å². The van der Waals surface area contributed by atoms with Crippen LogP contribution in [0.15, 0.2) is 30.3 Å². The first-order valence-corrected chi connectivity index (χ1v) is 7.55. The van der Waals surface area contributed by atoms with E-state index >= 15 is 0 Å². The Morgan fingerprint density at radius 3 is 0.909 bits per heavy atom. The van der Waals surface area contributed by atoms with E-state index in [9.17, 15) is 0 Å². The molecule has 0 saturated carbocycles. The number of aliphatic hydroxyl groups excluding tert-OH is 3. The van der Waals surface area contributed by atoms with Crippen molar-refractivity contribution in [3.8, 4) is 0 Å². The van der Waals surface area contributed by atoms with Gasteiger partial charge in [0.15, 0.2) is 0 Å². The third kappa shape index (κ3) is 50.3. The Balaban J connectivity index is -0.0000000973. The normalized spacial score (nSPS) is 8.73. The zero-order chi connectivity index (χ0) is 17.1. The van der Waals surface area contributed by atoms with Gasteiger partial charge in [0.05, 0.1) is 0 Å². The van der Waals surface area contributed by atoms with Crippen LogP contribution in [0.3, 0.4) is 0 Å². The SMILES string of the molecule is CC(C)CO.CC(C)CO.CC(C)CO.[Ti].[c-]1ccccc1. The van der Waals surface area contributed by atoms with Crippen LogP contribution in [-0.4, -0.2) is 35.1 Å². The molecule has 0 aliphatic rings. The van der Waals surface area contributed by atoms with Gasteiger partial charge in [-0.25, -0.2) is 0 Å². The summed E-state index contributed by atoms with van der Waals surface area (Å²) < 4.78 is 0. The molecule has 0 unspecified atom stereocenters. The molecule has 3 N–H and O–H groups in total. The Hall–Kier alpha value is -0.186. The largest absolute Gasteiger partial charge is 0.396 e. The Morgan fingerprint density at radius 1 is 0.636 bits per heavy atom. The molecule has 0 heterocycles. The molecular formula is C18H35O3Ti-. The summed E-state index contributed by atoms with van der Waals surface area (Å²) in [6.07, 6.45) is 0. The van der Waals surface area contributed by atoms with Crippen LogP contribution in [-0.2, 0) is 21.7 Å². The van der Waals surface area contributed by atoms with Gasteiger partial charge in [-0.15, -0.1) is 0 Å². The number of rotatable bonds is 3. The average Bonchev–Trinajstić information content (AvgIpc) is 2.50. The first-order chi connectivity index (χ1) is 9.81. The predicted molar refractivity (Wildman–Crippen MR) is 91.0 cm³/mol. The summed E-state index contributed by atoms with van der Waals surface area (Å²) in [4.78, 5) is 0. The van der Waals surface area contributed by atoms with E-state index < -0.39 is 0 Å². The minimum atomic E-state index is 0. The van der Waals surface area contributed by atoms with Gasteiger partial charge in [-0.05, 0) is 17.8 Å². The minimum Gasteiger partial charge on any atom is -0.396 e. The molecule has 0 aliphatic heterocycles. The van der Waals surface area contributed by atoms with Crippen LogP contribution in [0.1, 0.15) is 41.5 Å². The maximum absolute atomic E-state index is 8.14. The molecule has 1 rings (SSSR count). The summed E-state index contributed by atoms with van der Waals surface area (Å²) in [5, 5.41) is 24.4. The van der Waals surface area contributed by atoms with E-state index in [2.05, 4.69) is 6.07 Å². The van der Waals surface area contributed by atoms with Gasteiger partial charge in [-0.1, -0.05) is 41.5 Å². The Morgan fingerprint density at radius 2 is 0.864 bits per heavy atom. The quantitative estimate of drug-likeness (QED) is 0.580. The second-order valence-corrected chi connectivity index (χ2v) is 5.81. The molecule has 130 valence electrons. The molecule has 0 atom stereocenters. The van der Waals surface area contributed by atoms with Crippen molar-refractivity contribution >= 4 is 0 Å². The second kappa shape index (κ2) is 25.8. The van der Waals surface area contributed by atoms with Gasteiger partial charge < -0.3 is 15.3 Å². The molecule has 0 bridgehead atoms. The zero-order valence-electron chi connectivity index (χ0n) is 15.1. The summed E-state index contributed by atoms with van der Waals surface area (Å²) in [5.74, 6) is 1.32. The van der Waals surface area contributed by atoms with Crippen molar-refractivity contribution in [2.24, 2.45) is 17.8 Å². The van der Waals surface area contributed by atoms with Gasteiger partial charge >= 0.3 is 0 Å². The topological polar surface area (TPSA) is 60.7 Å². The molecule has 0 radical (unpaired) electrons. The number of benzene rings is 1. The molecule has 0 aromatic heterocycles. The summed E-state index contributed by atoms with van der Waals surface area (Å²) in [5.41, 5.74) is 0. The Bertz CT molecular complexity index is 206. The summed E-state index contributed by atoms with van der Waals surface area (Å²) >= 11 is 0. The standard InChI is InChI=1S/C6H5.3C4H10O.Ti/c1-2-4-6-5-3-1;3*1-4(2)3-5;/h1-5H;3*4-5H,3H2,1-2H3;/q-1;;;;. The zero-order valence-corrected chi connectivity index (χ0v) is 16.6.